The molecule has 180 valence electrons. The average molecular weight is 495 g/mol. The second-order valence-electron chi connectivity index (χ2n) is 7.64. The number of hydrogen-bond acceptors (Lipinski definition) is 7. The number of ether oxygens (including phenoxy) is 2. The van der Waals surface area contributed by atoms with Crippen LogP contribution < -0.4 is 4.74 Å². The van der Waals surface area contributed by atoms with Crippen molar-refractivity contribution in [2.45, 2.75) is 30.4 Å². The van der Waals surface area contributed by atoms with E-state index in [-0.39, 0.29) is 19.1 Å². The first-order valence-corrected chi connectivity index (χ1v) is 11.9. The number of nitriles is 2. The molecule has 1 aromatic carbocycles. The minimum absolute atomic E-state index is 0.0269. The van der Waals surface area contributed by atoms with E-state index < -0.39 is 6.61 Å². The topological polar surface area (TPSA) is 91.3 Å². The zero-order valence-corrected chi connectivity index (χ0v) is 20.0. The maximum absolute atomic E-state index is 12.1. The largest absolute Gasteiger partial charge is 0.491 e. The molecule has 1 saturated carbocycles. The van der Waals surface area contributed by atoms with Crippen LogP contribution in [-0.4, -0.2) is 43.8 Å². The Morgan fingerprint density at radius 3 is 2.54 bits per heavy atom. The van der Waals surface area contributed by atoms with Gasteiger partial charge in [-0.2, -0.15) is 19.3 Å². The fourth-order valence-electron chi connectivity index (χ4n) is 3.33. The van der Waals surface area contributed by atoms with E-state index in [1.54, 1.807) is 43.6 Å². The first-order chi connectivity index (χ1) is 17.0. The number of nitrogens with zero attached hydrogens (tertiary/aromatic N) is 4. The van der Waals surface area contributed by atoms with E-state index in [2.05, 4.69) is 28.4 Å². The highest BCUT2D eigenvalue weighted by Crippen LogP contribution is 2.45. The van der Waals surface area contributed by atoms with Crippen LogP contribution in [0.2, 0.25) is 0 Å². The molecule has 0 amide bonds. The van der Waals surface area contributed by atoms with E-state index in [1.807, 2.05) is 6.08 Å². The van der Waals surface area contributed by atoms with Gasteiger partial charge in [0.2, 0.25) is 0 Å². The number of allylic oxidation sites excluding steroid dienone is 2. The molecule has 1 aliphatic rings. The average Bonchev–Trinajstić information content (AvgIpc) is 3.70. The summed E-state index contributed by atoms with van der Waals surface area (Å²) in [5, 5.41) is 20.6. The third kappa shape index (κ3) is 7.22. The van der Waals surface area contributed by atoms with Gasteiger partial charge in [0.25, 0.3) is 0 Å². The number of pyridine rings is 1. The lowest BCUT2D eigenvalue weighted by molar-refractivity contribution is -0.133. The molecular weight excluding hydrogens is 470 g/mol. The fourth-order valence-corrected chi connectivity index (χ4v) is 4.21. The van der Waals surface area contributed by atoms with Gasteiger partial charge in [0.05, 0.1) is 23.4 Å². The smallest absolute Gasteiger partial charge is 0.345 e. The quantitative estimate of drug-likeness (QED) is 0.158. The van der Waals surface area contributed by atoms with E-state index in [0.717, 1.165) is 18.4 Å². The number of benzene rings is 1. The molecule has 2 aromatic rings. The van der Waals surface area contributed by atoms with Crippen LogP contribution in [0.3, 0.4) is 0 Å². The van der Waals surface area contributed by atoms with Crippen molar-refractivity contribution in [1.82, 2.24) is 4.98 Å². The number of aromatic nitrogens is 1. The fraction of sp³-hybridized carbons (Fsp3) is 0.308. The third-order valence-electron chi connectivity index (χ3n) is 5.08. The number of alkyl halides is 2. The van der Waals surface area contributed by atoms with Gasteiger partial charge >= 0.3 is 6.61 Å². The van der Waals surface area contributed by atoms with Crippen molar-refractivity contribution in [1.29, 1.82) is 10.5 Å². The molecule has 3 rings (SSSR count). The summed E-state index contributed by atoms with van der Waals surface area (Å²) in [6, 6.07) is 11.4. The van der Waals surface area contributed by atoms with Crippen LogP contribution in [0.5, 0.6) is 5.75 Å². The van der Waals surface area contributed by atoms with Crippen molar-refractivity contribution in [3.63, 3.8) is 0 Å². The highest BCUT2D eigenvalue weighted by molar-refractivity contribution is 7.99. The molecule has 1 heterocycles. The Balaban J connectivity index is 1.92. The van der Waals surface area contributed by atoms with Crippen LogP contribution in [0.4, 0.5) is 8.78 Å². The minimum atomic E-state index is -2.84. The van der Waals surface area contributed by atoms with Crippen LogP contribution in [0.15, 0.2) is 58.6 Å². The third-order valence-corrected chi connectivity index (χ3v) is 6.16. The summed E-state index contributed by atoms with van der Waals surface area (Å²) in [5.74, 6) is 1.20. The highest BCUT2D eigenvalue weighted by Gasteiger charge is 2.32. The van der Waals surface area contributed by atoms with Gasteiger partial charge in [0.15, 0.2) is 0 Å². The first kappa shape index (κ1) is 26.1. The van der Waals surface area contributed by atoms with E-state index in [0.29, 0.717) is 44.5 Å². The summed E-state index contributed by atoms with van der Waals surface area (Å²) >= 11 is 1.41. The van der Waals surface area contributed by atoms with Crippen LogP contribution in [0.1, 0.15) is 35.6 Å². The summed E-state index contributed by atoms with van der Waals surface area (Å²) in [7, 11) is 1.68. The van der Waals surface area contributed by atoms with Crippen molar-refractivity contribution in [3.05, 3.63) is 65.4 Å². The van der Waals surface area contributed by atoms with Crippen molar-refractivity contribution < 1.29 is 18.3 Å². The summed E-state index contributed by atoms with van der Waals surface area (Å²) in [4.78, 5) is 8.64. The van der Waals surface area contributed by atoms with Crippen LogP contribution in [0, 0.1) is 22.7 Å². The zero-order valence-electron chi connectivity index (χ0n) is 19.2. The standard InChI is InChI=1S/C26H24F2N4O2S/c1-17(4-3-11-31-2)16-35-25-22(15-30)23(21(14-29)24(32-25)19-5-6-19)18-7-9-20(10-8-18)33-12-13-34-26(27)28/h3-4,7-11,19,26H,1,5-6,12-13,16H2,2H3/b4-3-,31-11?. The van der Waals surface area contributed by atoms with Gasteiger partial charge in [-0.25, -0.2) is 4.98 Å². The van der Waals surface area contributed by atoms with E-state index in [4.69, 9.17) is 9.72 Å². The van der Waals surface area contributed by atoms with Gasteiger partial charge in [-0.3, -0.25) is 4.99 Å². The van der Waals surface area contributed by atoms with Crippen molar-refractivity contribution in [3.8, 4) is 29.0 Å². The van der Waals surface area contributed by atoms with Gasteiger partial charge in [0, 0.05) is 30.5 Å². The predicted octanol–water partition coefficient (Wildman–Crippen LogP) is 5.89. The minimum Gasteiger partial charge on any atom is -0.491 e. The Kier molecular flexibility index (Phi) is 9.54. The number of hydrogen-bond donors (Lipinski definition) is 0. The molecule has 9 heteroatoms. The van der Waals surface area contributed by atoms with Crippen molar-refractivity contribution in [2.24, 2.45) is 4.99 Å². The van der Waals surface area contributed by atoms with Gasteiger partial charge in [-0.15, -0.1) is 11.8 Å². The summed E-state index contributed by atoms with van der Waals surface area (Å²) in [6.45, 7) is 0.929. The van der Waals surface area contributed by atoms with Gasteiger partial charge in [-0.1, -0.05) is 24.8 Å². The molecule has 0 unspecified atom stereocenters. The molecule has 0 atom stereocenters. The second kappa shape index (κ2) is 12.8. The lowest BCUT2D eigenvalue weighted by atomic mass is 9.94. The molecule has 0 aliphatic heterocycles. The number of halogens is 2. The number of thioether (sulfide) groups is 1. The van der Waals surface area contributed by atoms with E-state index in [9.17, 15) is 19.3 Å². The highest BCUT2D eigenvalue weighted by atomic mass is 32.2. The zero-order chi connectivity index (χ0) is 25.2. The molecular formula is C26H24F2N4O2S. The summed E-state index contributed by atoms with van der Waals surface area (Å²) in [5.41, 5.74) is 3.52. The lowest BCUT2D eigenvalue weighted by Crippen LogP contribution is -2.09. The van der Waals surface area contributed by atoms with Crippen LogP contribution in [0.25, 0.3) is 11.1 Å². The Bertz CT molecular complexity index is 1190. The molecule has 0 spiro atoms. The Morgan fingerprint density at radius 2 is 1.94 bits per heavy atom. The summed E-state index contributed by atoms with van der Waals surface area (Å²) < 4.78 is 33.8. The molecule has 0 radical (unpaired) electrons. The van der Waals surface area contributed by atoms with Gasteiger partial charge < -0.3 is 9.47 Å². The van der Waals surface area contributed by atoms with Crippen molar-refractivity contribution in [2.75, 3.05) is 26.0 Å². The van der Waals surface area contributed by atoms with Gasteiger partial charge in [0.1, 0.15) is 29.5 Å². The van der Waals surface area contributed by atoms with Crippen molar-refractivity contribution >= 4 is 18.0 Å². The maximum atomic E-state index is 12.1. The molecule has 6 nitrogen and oxygen atoms in total. The van der Waals surface area contributed by atoms with E-state index >= 15 is 0 Å². The monoisotopic (exact) mass is 494 g/mol. The van der Waals surface area contributed by atoms with Crippen LogP contribution in [-0.2, 0) is 4.74 Å². The molecule has 1 aliphatic carbocycles. The number of aliphatic imine (C=N–C) groups is 1. The second-order valence-corrected chi connectivity index (χ2v) is 8.61. The molecule has 35 heavy (non-hydrogen) atoms. The first-order valence-electron chi connectivity index (χ1n) is 10.9. The molecule has 0 N–H and O–H groups in total. The normalized spacial score (nSPS) is 13.3. The molecule has 1 fully saturated rings. The maximum Gasteiger partial charge on any atom is 0.345 e. The summed E-state index contributed by atoms with van der Waals surface area (Å²) in [6.07, 6.45) is 7.22. The Morgan fingerprint density at radius 1 is 1.23 bits per heavy atom. The number of rotatable bonds is 12. The van der Waals surface area contributed by atoms with Crippen LogP contribution >= 0.6 is 11.8 Å². The Hall–Kier alpha value is -3.53. The molecule has 0 bridgehead atoms. The molecule has 0 saturated heterocycles. The SMILES string of the molecule is C=C(/C=C\C=NC)CSc1nc(C2CC2)c(C#N)c(-c2ccc(OCCOC(F)F)cc2)c1C#N. The lowest BCUT2D eigenvalue weighted by Gasteiger charge is -2.15. The molecule has 1 aromatic heterocycles. The Labute approximate surface area is 207 Å². The predicted molar refractivity (Wildman–Crippen MR) is 132 cm³/mol. The van der Waals surface area contributed by atoms with E-state index in [1.165, 1.54) is 11.8 Å². The van der Waals surface area contributed by atoms with Gasteiger partial charge in [-0.05, 0) is 42.2 Å².